The predicted molar refractivity (Wildman–Crippen MR) is 99.5 cm³/mol. The Bertz CT molecular complexity index is 537. The van der Waals surface area contributed by atoms with Gasteiger partial charge < -0.3 is 15.5 Å². The van der Waals surface area contributed by atoms with E-state index in [2.05, 4.69) is 43.9 Å². The number of carbonyl (C=O) groups excluding carboxylic acids is 1. The molecule has 2 rings (SSSR count). The van der Waals surface area contributed by atoms with Gasteiger partial charge in [-0.05, 0) is 44.4 Å². The Morgan fingerprint density at radius 2 is 1.83 bits per heavy atom. The van der Waals surface area contributed by atoms with Crippen molar-refractivity contribution in [3.05, 3.63) is 29.3 Å². The fourth-order valence-corrected chi connectivity index (χ4v) is 3.22. The van der Waals surface area contributed by atoms with Gasteiger partial charge in [-0.2, -0.15) is 0 Å². The zero-order valence-electron chi connectivity index (χ0n) is 14.8. The minimum absolute atomic E-state index is 0. The molecular weight excluding hydrogens is 310 g/mol. The molecule has 5 heteroatoms. The molecule has 0 aromatic heterocycles. The molecule has 1 amide bonds. The number of benzene rings is 1. The third-order valence-electron chi connectivity index (χ3n) is 4.74. The Kier molecular flexibility index (Phi) is 6.90. The second-order valence-corrected chi connectivity index (χ2v) is 6.67. The van der Waals surface area contributed by atoms with E-state index in [-0.39, 0.29) is 18.3 Å². The van der Waals surface area contributed by atoms with Gasteiger partial charge in [-0.25, -0.2) is 0 Å². The number of rotatable bonds is 4. The number of amides is 1. The van der Waals surface area contributed by atoms with Crippen molar-refractivity contribution in [2.24, 2.45) is 5.73 Å². The van der Waals surface area contributed by atoms with Gasteiger partial charge in [0.1, 0.15) is 0 Å². The van der Waals surface area contributed by atoms with Crippen LogP contribution in [0.15, 0.2) is 18.2 Å². The van der Waals surface area contributed by atoms with Crippen LogP contribution in [0.3, 0.4) is 0 Å². The van der Waals surface area contributed by atoms with Crippen LogP contribution < -0.4 is 10.6 Å². The standard InChI is InChI=1S/C18H29N3O.ClH/c1-5-9-18(4,19)17(22)21-12-10-20(11-13-21)16-8-6-7-14(2)15(16)3;/h6-8H,5,9-13,19H2,1-4H3;1H. The first-order valence-electron chi connectivity index (χ1n) is 8.26. The minimum Gasteiger partial charge on any atom is -0.368 e. The second-order valence-electron chi connectivity index (χ2n) is 6.67. The van der Waals surface area contributed by atoms with Crippen LogP contribution in [-0.2, 0) is 4.79 Å². The fourth-order valence-electron chi connectivity index (χ4n) is 3.22. The Balaban J connectivity index is 0.00000264. The van der Waals surface area contributed by atoms with Crippen molar-refractivity contribution < 1.29 is 4.79 Å². The molecule has 1 aromatic carbocycles. The predicted octanol–water partition coefficient (Wildman–Crippen LogP) is 2.89. The molecule has 4 nitrogen and oxygen atoms in total. The van der Waals surface area contributed by atoms with E-state index in [9.17, 15) is 4.79 Å². The zero-order valence-corrected chi connectivity index (χ0v) is 15.6. The Labute approximate surface area is 146 Å². The summed E-state index contributed by atoms with van der Waals surface area (Å²) in [6.07, 6.45) is 1.67. The Hall–Kier alpha value is -1.26. The first kappa shape index (κ1) is 19.8. The molecular formula is C18H30ClN3O. The first-order chi connectivity index (χ1) is 10.4. The third-order valence-corrected chi connectivity index (χ3v) is 4.74. The summed E-state index contributed by atoms with van der Waals surface area (Å²) in [7, 11) is 0. The molecule has 1 atom stereocenters. The summed E-state index contributed by atoms with van der Waals surface area (Å²) in [6, 6.07) is 6.42. The number of halogens is 1. The van der Waals surface area contributed by atoms with Crippen molar-refractivity contribution >= 4 is 24.0 Å². The van der Waals surface area contributed by atoms with E-state index in [1.165, 1.54) is 16.8 Å². The van der Waals surface area contributed by atoms with Crippen LogP contribution in [0.5, 0.6) is 0 Å². The number of anilines is 1. The summed E-state index contributed by atoms with van der Waals surface area (Å²) in [5.41, 5.74) is 9.39. The van der Waals surface area contributed by atoms with Gasteiger partial charge in [-0.15, -0.1) is 12.4 Å². The average molecular weight is 340 g/mol. The van der Waals surface area contributed by atoms with Crippen LogP contribution in [0.4, 0.5) is 5.69 Å². The van der Waals surface area contributed by atoms with E-state index < -0.39 is 5.54 Å². The normalized spacial score (nSPS) is 17.4. The van der Waals surface area contributed by atoms with E-state index in [0.29, 0.717) is 0 Å². The van der Waals surface area contributed by atoms with E-state index in [1.54, 1.807) is 0 Å². The van der Waals surface area contributed by atoms with E-state index in [0.717, 1.165) is 39.0 Å². The molecule has 0 radical (unpaired) electrons. The van der Waals surface area contributed by atoms with Gasteiger partial charge in [0.2, 0.25) is 5.91 Å². The molecule has 0 bridgehead atoms. The Morgan fingerprint density at radius 1 is 1.22 bits per heavy atom. The SMILES string of the molecule is CCCC(C)(N)C(=O)N1CCN(c2cccc(C)c2C)CC1.Cl. The molecule has 0 aliphatic carbocycles. The number of nitrogens with two attached hydrogens (primary N) is 1. The number of piperazine rings is 1. The maximum Gasteiger partial charge on any atom is 0.242 e. The van der Waals surface area contributed by atoms with Crippen LogP contribution >= 0.6 is 12.4 Å². The highest BCUT2D eigenvalue weighted by Crippen LogP contribution is 2.24. The second kappa shape index (κ2) is 8.02. The topological polar surface area (TPSA) is 49.6 Å². The molecule has 1 aliphatic heterocycles. The van der Waals surface area contributed by atoms with E-state index in [1.807, 2.05) is 11.8 Å². The van der Waals surface area contributed by atoms with Gasteiger partial charge in [0.05, 0.1) is 5.54 Å². The van der Waals surface area contributed by atoms with Gasteiger partial charge >= 0.3 is 0 Å². The average Bonchev–Trinajstić information content (AvgIpc) is 2.49. The van der Waals surface area contributed by atoms with Gasteiger partial charge in [-0.1, -0.05) is 25.5 Å². The molecule has 0 spiro atoms. The summed E-state index contributed by atoms with van der Waals surface area (Å²) in [6.45, 7) is 11.5. The van der Waals surface area contributed by atoms with Crippen LogP contribution in [-0.4, -0.2) is 42.5 Å². The lowest BCUT2D eigenvalue weighted by Crippen LogP contribution is -2.58. The maximum absolute atomic E-state index is 12.6. The van der Waals surface area contributed by atoms with E-state index >= 15 is 0 Å². The number of hydrogen-bond donors (Lipinski definition) is 1. The van der Waals surface area contributed by atoms with Gasteiger partial charge in [-0.3, -0.25) is 4.79 Å². The summed E-state index contributed by atoms with van der Waals surface area (Å²) in [5, 5.41) is 0. The lowest BCUT2D eigenvalue weighted by atomic mass is 9.95. The van der Waals surface area contributed by atoms with Crippen molar-refractivity contribution in [1.82, 2.24) is 4.90 Å². The van der Waals surface area contributed by atoms with Crippen molar-refractivity contribution in [2.75, 3.05) is 31.1 Å². The molecule has 0 saturated carbocycles. The van der Waals surface area contributed by atoms with Crippen molar-refractivity contribution in [2.45, 2.75) is 46.1 Å². The highest BCUT2D eigenvalue weighted by atomic mass is 35.5. The molecule has 1 unspecified atom stereocenters. The molecule has 23 heavy (non-hydrogen) atoms. The lowest BCUT2D eigenvalue weighted by Gasteiger charge is -2.40. The number of hydrogen-bond acceptors (Lipinski definition) is 3. The fraction of sp³-hybridized carbons (Fsp3) is 0.611. The number of aryl methyl sites for hydroxylation is 1. The van der Waals surface area contributed by atoms with E-state index in [4.69, 9.17) is 5.73 Å². The Morgan fingerprint density at radius 3 is 2.39 bits per heavy atom. The van der Waals surface area contributed by atoms with Crippen LogP contribution in [0.25, 0.3) is 0 Å². The molecule has 1 aliphatic rings. The molecule has 130 valence electrons. The molecule has 2 N–H and O–H groups in total. The van der Waals surface area contributed by atoms with Gasteiger partial charge in [0, 0.05) is 31.9 Å². The molecule has 1 saturated heterocycles. The maximum atomic E-state index is 12.6. The summed E-state index contributed by atoms with van der Waals surface area (Å²) >= 11 is 0. The summed E-state index contributed by atoms with van der Waals surface area (Å²) < 4.78 is 0. The van der Waals surface area contributed by atoms with Crippen molar-refractivity contribution in [1.29, 1.82) is 0 Å². The molecule has 1 fully saturated rings. The summed E-state index contributed by atoms with van der Waals surface area (Å²) in [4.78, 5) is 16.9. The van der Waals surface area contributed by atoms with Gasteiger partial charge in [0.15, 0.2) is 0 Å². The van der Waals surface area contributed by atoms with Crippen molar-refractivity contribution in [3.8, 4) is 0 Å². The zero-order chi connectivity index (χ0) is 16.3. The largest absolute Gasteiger partial charge is 0.368 e. The molecule has 1 heterocycles. The number of carbonyl (C=O) groups is 1. The highest BCUT2D eigenvalue weighted by Gasteiger charge is 2.33. The highest BCUT2D eigenvalue weighted by molar-refractivity contribution is 5.86. The van der Waals surface area contributed by atoms with Gasteiger partial charge in [0.25, 0.3) is 0 Å². The monoisotopic (exact) mass is 339 g/mol. The van der Waals surface area contributed by atoms with Crippen LogP contribution in [0.1, 0.15) is 37.8 Å². The third kappa shape index (κ3) is 4.39. The number of nitrogens with zero attached hydrogens (tertiary/aromatic N) is 2. The van der Waals surface area contributed by atoms with Crippen LogP contribution in [0, 0.1) is 13.8 Å². The van der Waals surface area contributed by atoms with Crippen LogP contribution in [0.2, 0.25) is 0 Å². The lowest BCUT2D eigenvalue weighted by molar-refractivity contribution is -0.137. The molecule has 1 aromatic rings. The first-order valence-corrected chi connectivity index (χ1v) is 8.26. The minimum atomic E-state index is -0.726. The quantitative estimate of drug-likeness (QED) is 0.917. The smallest absolute Gasteiger partial charge is 0.242 e. The summed E-state index contributed by atoms with van der Waals surface area (Å²) in [5.74, 6) is 0.0926. The van der Waals surface area contributed by atoms with Crippen molar-refractivity contribution in [3.63, 3.8) is 0 Å².